The zero-order valence-electron chi connectivity index (χ0n) is 12.6. The van der Waals surface area contributed by atoms with Crippen molar-refractivity contribution in [3.05, 3.63) is 65.2 Å². The molecule has 0 aliphatic rings. The van der Waals surface area contributed by atoms with E-state index in [2.05, 4.69) is 11.9 Å². The van der Waals surface area contributed by atoms with Crippen molar-refractivity contribution < 1.29 is 9.53 Å². The molecule has 0 saturated heterocycles. The highest BCUT2D eigenvalue weighted by Gasteiger charge is 2.10. The lowest BCUT2D eigenvalue weighted by molar-refractivity contribution is 0.214. The summed E-state index contributed by atoms with van der Waals surface area (Å²) in [7, 11) is 0. The van der Waals surface area contributed by atoms with Gasteiger partial charge in [-0.3, -0.25) is 5.32 Å². The topological polar surface area (TPSA) is 38.3 Å². The van der Waals surface area contributed by atoms with E-state index in [1.165, 1.54) is 0 Å². The molecule has 0 saturated carbocycles. The molecule has 1 amide bonds. The summed E-state index contributed by atoms with van der Waals surface area (Å²) < 4.78 is 5.42. The largest absolute Gasteiger partial charge is 0.417 e. The molecular weight excluding hydrogens is 262 g/mol. The van der Waals surface area contributed by atoms with Gasteiger partial charge in [-0.1, -0.05) is 42.5 Å². The Hall–Kier alpha value is -2.55. The van der Waals surface area contributed by atoms with Crippen molar-refractivity contribution in [2.45, 2.75) is 20.8 Å². The Labute approximate surface area is 125 Å². The van der Waals surface area contributed by atoms with Crippen molar-refractivity contribution in [1.82, 2.24) is 0 Å². The van der Waals surface area contributed by atoms with Gasteiger partial charge in [-0.2, -0.15) is 0 Å². The van der Waals surface area contributed by atoms with Crippen LogP contribution in [-0.2, 0) is 0 Å². The molecule has 0 radical (unpaired) electrons. The van der Waals surface area contributed by atoms with Gasteiger partial charge in [0.05, 0.1) is 0 Å². The smallest absolute Gasteiger partial charge is 0.410 e. The number of hydrogen-bond acceptors (Lipinski definition) is 2. The molecule has 0 bridgehead atoms. The SMILES string of the molecule is C=Cc1ccc(NC(=O)Oc2c(C)cc(C)cc2C)cc1. The average molecular weight is 281 g/mol. The van der Waals surface area contributed by atoms with Gasteiger partial charge >= 0.3 is 6.09 Å². The quantitative estimate of drug-likeness (QED) is 0.872. The molecule has 0 atom stereocenters. The number of ether oxygens (including phenoxy) is 1. The van der Waals surface area contributed by atoms with Crippen LogP contribution >= 0.6 is 0 Å². The fourth-order valence-corrected chi connectivity index (χ4v) is 2.27. The molecule has 0 fully saturated rings. The van der Waals surface area contributed by atoms with Gasteiger partial charge in [-0.05, 0) is 49.6 Å². The molecule has 108 valence electrons. The van der Waals surface area contributed by atoms with Crippen LogP contribution < -0.4 is 10.1 Å². The number of carbonyl (C=O) groups is 1. The molecule has 0 aliphatic carbocycles. The predicted octanol–water partition coefficient (Wildman–Crippen LogP) is 4.87. The molecule has 2 rings (SSSR count). The molecule has 2 aromatic carbocycles. The van der Waals surface area contributed by atoms with Crippen LogP contribution in [0.3, 0.4) is 0 Å². The summed E-state index contributed by atoms with van der Waals surface area (Å²) in [6.07, 6.45) is 1.26. The Morgan fingerprint density at radius 3 is 2.19 bits per heavy atom. The molecule has 0 unspecified atom stereocenters. The molecule has 0 aliphatic heterocycles. The van der Waals surface area contributed by atoms with Gasteiger partial charge in [0.2, 0.25) is 0 Å². The number of amides is 1. The maximum absolute atomic E-state index is 12.0. The summed E-state index contributed by atoms with van der Waals surface area (Å²) in [5.41, 5.74) is 4.74. The predicted molar refractivity (Wildman–Crippen MR) is 86.8 cm³/mol. The van der Waals surface area contributed by atoms with E-state index in [1.54, 1.807) is 6.08 Å². The Kier molecular flexibility index (Phi) is 4.43. The fraction of sp³-hybridized carbons (Fsp3) is 0.167. The second-order valence-electron chi connectivity index (χ2n) is 5.07. The Balaban J connectivity index is 2.09. The first kappa shape index (κ1) is 14.9. The van der Waals surface area contributed by atoms with E-state index in [-0.39, 0.29) is 0 Å². The molecule has 0 aromatic heterocycles. The number of nitrogens with one attached hydrogen (secondary N) is 1. The summed E-state index contributed by atoms with van der Waals surface area (Å²) in [4.78, 5) is 12.0. The van der Waals surface area contributed by atoms with Crippen LogP contribution in [0.25, 0.3) is 6.08 Å². The van der Waals surface area contributed by atoms with Crippen LogP contribution in [0.1, 0.15) is 22.3 Å². The molecule has 21 heavy (non-hydrogen) atoms. The zero-order valence-corrected chi connectivity index (χ0v) is 12.6. The summed E-state index contributed by atoms with van der Waals surface area (Å²) in [6, 6.07) is 11.4. The van der Waals surface area contributed by atoms with E-state index in [4.69, 9.17) is 4.74 Å². The lowest BCUT2D eigenvalue weighted by Gasteiger charge is -2.12. The van der Waals surface area contributed by atoms with Gasteiger partial charge in [-0.25, -0.2) is 4.79 Å². The minimum atomic E-state index is -0.489. The first-order valence-corrected chi connectivity index (χ1v) is 6.79. The third kappa shape index (κ3) is 3.72. The normalized spacial score (nSPS) is 10.0. The van der Waals surface area contributed by atoms with Gasteiger partial charge in [0, 0.05) is 5.69 Å². The molecule has 0 heterocycles. The Morgan fingerprint density at radius 2 is 1.67 bits per heavy atom. The highest BCUT2D eigenvalue weighted by molar-refractivity contribution is 5.86. The van der Waals surface area contributed by atoms with Crippen LogP contribution in [0.15, 0.2) is 43.0 Å². The molecule has 3 nitrogen and oxygen atoms in total. The summed E-state index contributed by atoms with van der Waals surface area (Å²) in [6.45, 7) is 9.57. The highest BCUT2D eigenvalue weighted by Crippen LogP contribution is 2.25. The van der Waals surface area contributed by atoms with E-state index in [1.807, 2.05) is 57.2 Å². The van der Waals surface area contributed by atoms with Crippen LogP contribution in [-0.4, -0.2) is 6.09 Å². The molecule has 1 N–H and O–H groups in total. The third-order valence-electron chi connectivity index (χ3n) is 3.19. The van der Waals surface area contributed by atoms with Crippen molar-refractivity contribution in [2.24, 2.45) is 0 Å². The number of benzene rings is 2. The van der Waals surface area contributed by atoms with Crippen molar-refractivity contribution in [3.63, 3.8) is 0 Å². The van der Waals surface area contributed by atoms with Gasteiger partial charge in [0.15, 0.2) is 0 Å². The van der Waals surface area contributed by atoms with E-state index < -0.39 is 6.09 Å². The maximum atomic E-state index is 12.0. The minimum Gasteiger partial charge on any atom is -0.410 e. The lowest BCUT2D eigenvalue weighted by Crippen LogP contribution is -2.17. The van der Waals surface area contributed by atoms with Crippen LogP contribution in [0, 0.1) is 20.8 Å². The molecule has 3 heteroatoms. The Morgan fingerprint density at radius 1 is 1.10 bits per heavy atom. The van der Waals surface area contributed by atoms with Crippen LogP contribution in [0.2, 0.25) is 0 Å². The van der Waals surface area contributed by atoms with Gasteiger partial charge < -0.3 is 4.74 Å². The van der Waals surface area contributed by atoms with Crippen LogP contribution in [0.5, 0.6) is 5.75 Å². The molecule has 0 spiro atoms. The first-order chi connectivity index (χ1) is 9.99. The van der Waals surface area contributed by atoms with E-state index in [0.717, 1.165) is 22.3 Å². The fourth-order valence-electron chi connectivity index (χ4n) is 2.27. The van der Waals surface area contributed by atoms with E-state index in [9.17, 15) is 4.79 Å². The minimum absolute atomic E-state index is 0.489. The maximum Gasteiger partial charge on any atom is 0.417 e. The third-order valence-corrected chi connectivity index (χ3v) is 3.19. The van der Waals surface area contributed by atoms with Crippen molar-refractivity contribution in [2.75, 3.05) is 5.32 Å². The summed E-state index contributed by atoms with van der Waals surface area (Å²) >= 11 is 0. The van der Waals surface area contributed by atoms with Gasteiger partial charge in [-0.15, -0.1) is 0 Å². The zero-order chi connectivity index (χ0) is 15.4. The first-order valence-electron chi connectivity index (χ1n) is 6.79. The standard InChI is InChI=1S/C18H19NO2/c1-5-15-6-8-16(9-7-15)19-18(20)21-17-13(3)10-12(2)11-14(17)4/h5-11H,1H2,2-4H3,(H,19,20). The van der Waals surface area contributed by atoms with Gasteiger partial charge in [0.25, 0.3) is 0 Å². The second kappa shape index (κ2) is 6.27. The monoisotopic (exact) mass is 281 g/mol. The second-order valence-corrected chi connectivity index (χ2v) is 5.07. The summed E-state index contributed by atoms with van der Waals surface area (Å²) in [5, 5.41) is 2.72. The van der Waals surface area contributed by atoms with E-state index >= 15 is 0 Å². The van der Waals surface area contributed by atoms with Crippen molar-refractivity contribution >= 4 is 17.9 Å². The Bertz CT molecular complexity index is 649. The number of anilines is 1. The van der Waals surface area contributed by atoms with Crippen molar-refractivity contribution in [1.29, 1.82) is 0 Å². The average Bonchev–Trinajstić information content (AvgIpc) is 2.43. The number of hydrogen-bond donors (Lipinski definition) is 1. The summed E-state index contributed by atoms with van der Waals surface area (Å²) in [5.74, 6) is 0.612. The van der Waals surface area contributed by atoms with Crippen LogP contribution in [0.4, 0.5) is 10.5 Å². The number of carbonyl (C=O) groups excluding carboxylic acids is 1. The number of aryl methyl sites for hydroxylation is 3. The molecule has 2 aromatic rings. The molecular formula is C18H19NO2. The number of rotatable bonds is 3. The highest BCUT2D eigenvalue weighted by atomic mass is 16.6. The van der Waals surface area contributed by atoms with E-state index in [0.29, 0.717) is 11.4 Å². The lowest BCUT2D eigenvalue weighted by atomic mass is 10.1. The van der Waals surface area contributed by atoms with Gasteiger partial charge in [0.1, 0.15) is 5.75 Å². The van der Waals surface area contributed by atoms with Crippen molar-refractivity contribution in [3.8, 4) is 5.75 Å².